The number of nitrogens with one attached hydrogen (secondary N) is 1. The number of hydrogen-bond acceptors (Lipinski definition) is 3. The topological polar surface area (TPSA) is 55.4 Å². The van der Waals surface area contributed by atoms with E-state index in [1.807, 2.05) is 42.5 Å². The number of hydrogen-bond donors (Lipinski definition) is 1. The molecule has 0 unspecified atom stereocenters. The van der Waals surface area contributed by atoms with Crippen LogP contribution in [-0.2, 0) is 27.2 Å². The van der Waals surface area contributed by atoms with Crippen LogP contribution in [-0.4, -0.2) is 25.0 Å². The standard InChI is InChI=1S/C22H19F2NO3/c1-28-22(27)20(12-15-8-4-7-14-6-2-3-9-16(14)15)25-21(26)13-17-18(23)10-5-11-19(17)24/h2-11,20H,12-13H2,1H3,(H,25,26)/t20-/m0/s1. The molecule has 0 spiro atoms. The first-order chi connectivity index (χ1) is 13.5. The van der Waals surface area contributed by atoms with Crippen molar-refractivity contribution >= 4 is 22.6 Å². The highest BCUT2D eigenvalue weighted by Crippen LogP contribution is 2.20. The average Bonchev–Trinajstić information content (AvgIpc) is 2.70. The third-order valence-electron chi connectivity index (χ3n) is 4.52. The molecule has 6 heteroatoms. The number of carbonyl (C=O) groups excluding carboxylic acids is 2. The lowest BCUT2D eigenvalue weighted by atomic mass is 9.98. The summed E-state index contributed by atoms with van der Waals surface area (Å²) in [6, 6.07) is 15.8. The fraction of sp³-hybridized carbons (Fsp3) is 0.182. The van der Waals surface area contributed by atoms with E-state index in [-0.39, 0.29) is 12.0 Å². The van der Waals surface area contributed by atoms with Crippen LogP contribution < -0.4 is 5.32 Å². The van der Waals surface area contributed by atoms with Crippen molar-refractivity contribution in [2.75, 3.05) is 7.11 Å². The smallest absolute Gasteiger partial charge is 0.328 e. The Balaban J connectivity index is 1.81. The van der Waals surface area contributed by atoms with E-state index < -0.39 is 36.0 Å². The molecule has 1 amide bonds. The summed E-state index contributed by atoms with van der Waals surface area (Å²) in [6.45, 7) is 0. The predicted molar refractivity (Wildman–Crippen MR) is 102 cm³/mol. The van der Waals surface area contributed by atoms with Crippen LogP contribution in [0, 0.1) is 11.6 Å². The molecule has 144 valence electrons. The molecular weight excluding hydrogens is 364 g/mol. The summed E-state index contributed by atoms with van der Waals surface area (Å²) in [6.07, 6.45) is -0.318. The van der Waals surface area contributed by atoms with Gasteiger partial charge in [-0.1, -0.05) is 48.5 Å². The zero-order valence-corrected chi connectivity index (χ0v) is 15.2. The molecule has 1 atom stereocenters. The van der Waals surface area contributed by atoms with Crippen molar-refractivity contribution in [3.63, 3.8) is 0 Å². The van der Waals surface area contributed by atoms with Gasteiger partial charge in [0.2, 0.25) is 5.91 Å². The molecule has 0 bridgehead atoms. The summed E-state index contributed by atoms with van der Waals surface area (Å²) in [4.78, 5) is 24.5. The van der Waals surface area contributed by atoms with Gasteiger partial charge in [-0.3, -0.25) is 4.79 Å². The minimum Gasteiger partial charge on any atom is -0.467 e. The Bertz CT molecular complexity index is 994. The van der Waals surface area contributed by atoms with E-state index >= 15 is 0 Å². The van der Waals surface area contributed by atoms with Crippen molar-refractivity contribution in [2.24, 2.45) is 0 Å². The van der Waals surface area contributed by atoms with Crippen molar-refractivity contribution in [1.82, 2.24) is 5.32 Å². The van der Waals surface area contributed by atoms with E-state index in [4.69, 9.17) is 4.74 Å². The van der Waals surface area contributed by atoms with Crippen LogP contribution in [0.4, 0.5) is 8.78 Å². The maximum atomic E-state index is 13.8. The molecule has 4 nitrogen and oxygen atoms in total. The third kappa shape index (κ3) is 4.34. The largest absolute Gasteiger partial charge is 0.467 e. The number of fused-ring (bicyclic) bond motifs is 1. The molecule has 3 aromatic rings. The summed E-state index contributed by atoms with van der Waals surface area (Å²) in [7, 11) is 1.22. The highest BCUT2D eigenvalue weighted by molar-refractivity contribution is 5.88. The normalized spacial score (nSPS) is 11.8. The van der Waals surface area contributed by atoms with Gasteiger partial charge in [-0.25, -0.2) is 13.6 Å². The van der Waals surface area contributed by atoms with E-state index in [0.717, 1.165) is 28.5 Å². The summed E-state index contributed by atoms with van der Waals surface area (Å²) in [5.74, 6) is -2.91. The molecule has 0 fully saturated rings. The number of carbonyl (C=O) groups is 2. The first kappa shape index (κ1) is 19.5. The van der Waals surface area contributed by atoms with Crippen molar-refractivity contribution in [2.45, 2.75) is 18.9 Å². The number of esters is 1. The van der Waals surface area contributed by atoms with Gasteiger partial charge in [-0.05, 0) is 28.5 Å². The number of benzene rings is 3. The molecule has 0 aliphatic rings. The van der Waals surface area contributed by atoms with Gasteiger partial charge in [-0.2, -0.15) is 0 Å². The fourth-order valence-electron chi connectivity index (χ4n) is 3.13. The Kier molecular flexibility index (Phi) is 5.99. The van der Waals surface area contributed by atoms with Crippen molar-refractivity contribution < 1.29 is 23.1 Å². The second-order valence-electron chi connectivity index (χ2n) is 6.36. The van der Waals surface area contributed by atoms with Crippen LogP contribution in [0.25, 0.3) is 10.8 Å². The van der Waals surface area contributed by atoms with E-state index in [0.29, 0.717) is 0 Å². The third-order valence-corrected chi connectivity index (χ3v) is 4.52. The summed E-state index contributed by atoms with van der Waals surface area (Å²) < 4.78 is 32.4. The van der Waals surface area contributed by atoms with Gasteiger partial charge < -0.3 is 10.1 Å². The fourth-order valence-corrected chi connectivity index (χ4v) is 3.13. The lowest BCUT2D eigenvalue weighted by molar-refractivity contribution is -0.145. The highest BCUT2D eigenvalue weighted by Gasteiger charge is 2.24. The first-order valence-corrected chi connectivity index (χ1v) is 8.76. The lowest BCUT2D eigenvalue weighted by Gasteiger charge is -2.18. The van der Waals surface area contributed by atoms with Crippen LogP contribution in [0.15, 0.2) is 60.7 Å². The molecule has 0 saturated carbocycles. The van der Waals surface area contributed by atoms with Gasteiger partial charge in [-0.15, -0.1) is 0 Å². The Morgan fingerprint density at radius 1 is 0.964 bits per heavy atom. The van der Waals surface area contributed by atoms with Gasteiger partial charge in [0.25, 0.3) is 0 Å². The number of amides is 1. The predicted octanol–water partition coefficient (Wildman–Crippen LogP) is 3.56. The monoisotopic (exact) mass is 383 g/mol. The van der Waals surface area contributed by atoms with Crippen molar-refractivity contribution in [3.8, 4) is 0 Å². The Morgan fingerprint density at radius 3 is 2.32 bits per heavy atom. The second-order valence-corrected chi connectivity index (χ2v) is 6.36. The molecule has 28 heavy (non-hydrogen) atoms. The first-order valence-electron chi connectivity index (χ1n) is 8.76. The maximum absolute atomic E-state index is 13.8. The van der Waals surface area contributed by atoms with Gasteiger partial charge in [0.1, 0.15) is 17.7 Å². The molecule has 0 aliphatic carbocycles. The molecule has 0 heterocycles. The lowest BCUT2D eigenvalue weighted by Crippen LogP contribution is -2.43. The zero-order chi connectivity index (χ0) is 20.1. The van der Waals surface area contributed by atoms with Crippen LogP contribution >= 0.6 is 0 Å². The minimum absolute atomic E-state index is 0.194. The molecule has 0 saturated heterocycles. The quantitative estimate of drug-likeness (QED) is 0.662. The SMILES string of the molecule is COC(=O)[C@H](Cc1cccc2ccccc12)NC(=O)Cc1c(F)cccc1F. The van der Waals surface area contributed by atoms with Gasteiger partial charge >= 0.3 is 5.97 Å². The number of halogens is 2. The van der Waals surface area contributed by atoms with Crippen LogP contribution in [0.2, 0.25) is 0 Å². The van der Waals surface area contributed by atoms with E-state index in [1.165, 1.54) is 13.2 Å². The molecule has 3 aromatic carbocycles. The number of methoxy groups -OCH3 is 1. The summed E-state index contributed by atoms with van der Waals surface area (Å²) >= 11 is 0. The summed E-state index contributed by atoms with van der Waals surface area (Å²) in [5, 5.41) is 4.49. The van der Waals surface area contributed by atoms with Crippen LogP contribution in [0.5, 0.6) is 0 Å². The van der Waals surface area contributed by atoms with Gasteiger partial charge in [0, 0.05) is 12.0 Å². The molecule has 0 aliphatic heterocycles. The van der Waals surface area contributed by atoms with Gasteiger partial charge in [0.15, 0.2) is 0 Å². The molecule has 0 radical (unpaired) electrons. The maximum Gasteiger partial charge on any atom is 0.328 e. The minimum atomic E-state index is -0.974. The molecule has 3 rings (SSSR count). The second kappa shape index (κ2) is 8.61. The van der Waals surface area contributed by atoms with Gasteiger partial charge in [0.05, 0.1) is 13.5 Å². The Hall–Kier alpha value is -3.28. The molecule has 0 aromatic heterocycles. The number of ether oxygens (including phenoxy) is 1. The highest BCUT2D eigenvalue weighted by atomic mass is 19.1. The molecular formula is C22H19F2NO3. The van der Waals surface area contributed by atoms with Crippen LogP contribution in [0.1, 0.15) is 11.1 Å². The van der Waals surface area contributed by atoms with E-state index in [2.05, 4.69) is 5.32 Å². The molecule has 1 N–H and O–H groups in total. The van der Waals surface area contributed by atoms with Crippen molar-refractivity contribution in [1.29, 1.82) is 0 Å². The number of rotatable bonds is 6. The Morgan fingerprint density at radius 2 is 1.61 bits per heavy atom. The van der Waals surface area contributed by atoms with E-state index in [9.17, 15) is 18.4 Å². The zero-order valence-electron chi connectivity index (χ0n) is 15.2. The summed E-state index contributed by atoms with van der Waals surface area (Å²) in [5.41, 5.74) is 0.514. The van der Waals surface area contributed by atoms with Crippen molar-refractivity contribution in [3.05, 3.63) is 83.4 Å². The average molecular weight is 383 g/mol. The van der Waals surface area contributed by atoms with E-state index in [1.54, 1.807) is 0 Å². The van der Waals surface area contributed by atoms with Crippen LogP contribution in [0.3, 0.4) is 0 Å². The Labute approximate surface area is 161 Å².